The zero-order chi connectivity index (χ0) is 14.5. The van der Waals surface area contributed by atoms with Crippen molar-refractivity contribution in [3.63, 3.8) is 0 Å². The van der Waals surface area contributed by atoms with Crippen LogP contribution in [0.5, 0.6) is 5.75 Å². The van der Waals surface area contributed by atoms with Gasteiger partial charge in [-0.05, 0) is 42.2 Å². The molecule has 0 bridgehead atoms. The molecule has 106 valence electrons. The highest BCUT2D eigenvalue weighted by Gasteiger charge is 2.06. The van der Waals surface area contributed by atoms with Gasteiger partial charge in [0.2, 0.25) is 0 Å². The quantitative estimate of drug-likeness (QED) is 0.903. The van der Waals surface area contributed by atoms with E-state index in [0.717, 1.165) is 17.0 Å². The predicted molar refractivity (Wildman–Crippen MR) is 81.7 cm³/mol. The zero-order valence-corrected chi connectivity index (χ0v) is 12.4. The summed E-state index contributed by atoms with van der Waals surface area (Å²) in [6.45, 7) is 7.46. The van der Waals surface area contributed by atoms with Gasteiger partial charge in [-0.3, -0.25) is 4.98 Å². The van der Waals surface area contributed by atoms with Crippen molar-refractivity contribution < 1.29 is 4.74 Å². The minimum Gasteiger partial charge on any atom is -0.489 e. The molecule has 1 aromatic carbocycles. The summed E-state index contributed by atoms with van der Waals surface area (Å²) in [5.41, 5.74) is 10.2. The maximum absolute atomic E-state index is 5.85. The Morgan fingerprint density at radius 1 is 1.25 bits per heavy atom. The molecule has 0 radical (unpaired) electrons. The van der Waals surface area contributed by atoms with Gasteiger partial charge >= 0.3 is 0 Å². The summed E-state index contributed by atoms with van der Waals surface area (Å²) in [4.78, 5) is 4.26. The van der Waals surface area contributed by atoms with Gasteiger partial charge in [-0.2, -0.15) is 0 Å². The van der Waals surface area contributed by atoms with Crippen LogP contribution in [-0.2, 0) is 13.2 Å². The van der Waals surface area contributed by atoms with Crippen LogP contribution in [0.2, 0.25) is 0 Å². The first kappa shape index (κ1) is 14.5. The Kier molecular flexibility index (Phi) is 4.74. The first-order valence-corrected chi connectivity index (χ1v) is 6.98. The molecule has 0 spiro atoms. The lowest BCUT2D eigenvalue weighted by Crippen LogP contribution is -2.07. The van der Waals surface area contributed by atoms with E-state index in [-0.39, 0.29) is 0 Å². The van der Waals surface area contributed by atoms with Crippen molar-refractivity contribution in [2.24, 2.45) is 5.73 Å². The fourth-order valence-corrected chi connectivity index (χ4v) is 2.33. The van der Waals surface area contributed by atoms with E-state index in [1.54, 1.807) is 6.20 Å². The molecule has 2 N–H and O–H groups in total. The SMILES string of the molecule is Cc1cc(OCc2cccnc2CN)ccc1C(C)C. The van der Waals surface area contributed by atoms with Crippen molar-refractivity contribution in [2.75, 3.05) is 0 Å². The molecule has 0 atom stereocenters. The second-order valence-corrected chi connectivity index (χ2v) is 5.28. The molecular formula is C17H22N2O. The highest BCUT2D eigenvalue weighted by Crippen LogP contribution is 2.24. The highest BCUT2D eigenvalue weighted by molar-refractivity contribution is 5.36. The van der Waals surface area contributed by atoms with Crippen molar-refractivity contribution >= 4 is 0 Å². The molecule has 0 aliphatic carbocycles. The topological polar surface area (TPSA) is 48.1 Å². The van der Waals surface area contributed by atoms with Gasteiger partial charge in [0.15, 0.2) is 0 Å². The van der Waals surface area contributed by atoms with Crippen LogP contribution in [0.25, 0.3) is 0 Å². The second kappa shape index (κ2) is 6.53. The molecule has 1 aromatic heterocycles. The molecule has 0 aliphatic rings. The molecule has 0 saturated heterocycles. The minimum atomic E-state index is 0.435. The third-order valence-electron chi connectivity index (χ3n) is 3.44. The van der Waals surface area contributed by atoms with Crippen LogP contribution >= 0.6 is 0 Å². The standard InChI is InChI=1S/C17H22N2O/c1-12(2)16-7-6-15(9-13(16)3)20-11-14-5-4-8-19-17(14)10-18/h4-9,12H,10-11,18H2,1-3H3. The van der Waals surface area contributed by atoms with Crippen LogP contribution < -0.4 is 10.5 Å². The number of pyridine rings is 1. The first-order valence-electron chi connectivity index (χ1n) is 6.98. The molecule has 0 saturated carbocycles. The van der Waals surface area contributed by atoms with E-state index < -0.39 is 0 Å². The first-order chi connectivity index (χ1) is 9.61. The molecular weight excluding hydrogens is 248 g/mol. The summed E-state index contributed by atoms with van der Waals surface area (Å²) < 4.78 is 5.85. The minimum absolute atomic E-state index is 0.435. The van der Waals surface area contributed by atoms with Crippen molar-refractivity contribution in [3.05, 3.63) is 58.9 Å². The van der Waals surface area contributed by atoms with Gasteiger partial charge in [-0.1, -0.05) is 26.0 Å². The van der Waals surface area contributed by atoms with E-state index in [4.69, 9.17) is 10.5 Å². The maximum atomic E-state index is 5.85. The monoisotopic (exact) mass is 270 g/mol. The molecule has 20 heavy (non-hydrogen) atoms. The Morgan fingerprint density at radius 2 is 2.05 bits per heavy atom. The molecule has 0 amide bonds. The lowest BCUT2D eigenvalue weighted by molar-refractivity contribution is 0.304. The van der Waals surface area contributed by atoms with Crippen molar-refractivity contribution in [1.82, 2.24) is 4.98 Å². The average Bonchev–Trinajstić information content (AvgIpc) is 2.45. The number of nitrogens with two attached hydrogens (primary N) is 1. The number of hydrogen-bond donors (Lipinski definition) is 1. The fraction of sp³-hybridized carbons (Fsp3) is 0.353. The smallest absolute Gasteiger partial charge is 0.120 e. The number of aromatic nitrogens is 1. The second-order valence-electron chi connectivity index (χ2n) is 5.28. The van der Waals surface area contributed by atoms with Crippen LogP contribution in [0, 0.1) is 6.92 Å². The molecule has 0 unspecified atom stereocenters. The Labute approximate surface area is 120 Å². The fourth-order valence-electron chi connectivity index (χ4n) is 2.33. The third-order valence-corrected chi connectivity index (χ3v) is 3.44. The third kappa shape index (κ3) is 3.36. The number of hydrogen-bond acceptors (Lipinski definition) is 3. The molecule has 1 heterocycles. The summed E-state index contributed by atoms with van der Waals surface area (Å²) >= 11 is 0. The van der Waals surface area contributed by atoms with E-state index >= 15 is 0 Å². The average molecular weight is 270 g/mol. The number of rotatable bonds is 5. The lowest BCUT2D eigenvalue weighted by atomic mass is 9.98. The van der Waals surface area contributed by atoms with Gasteiger partial charge in [0.05, 0.1) is 5.69 Å². The van der Waals surface area contributed by atoms with Gasteiger partial charge in [0, 0.05) is 18.3 Å². The number of ether oxygens (including phenoxy) is 1. The van der Waals surface area contributed by atoms with Crippen molar-refractivity contribution in [1.29, 1.82) is 0 Å². The maximum Gasteiger partial charge on any atom is 0.120 e. The number of aryl methyl sites for hydroxylation is 1. The van der Waals surface area contributed by atoms with E-state index in [0.29, 0.717) is 19.1 Å². The Bertz CT molecular complexity index is 579. The Balaban J connectivity index is 2.09. The van der Waals surface area contributed by atoms with Gasteiger partial charge in [-0.25, -0.2) is 0 Å². The van der Waals surface area contributed by atoms with Gasteiger partial charge in [-0.15, -0.1) is 0 Å². The van der Waals surface area contributed by atoms with Crippen LogP contribution in [0.1, 0.15) is 42.1 Å². The van der Waals surface area contributed by atoms with E-state index in [9.17, 15) is 0 Å². The summed E-state index contributed by atoms with van der Waals surface area (Å²) in [6, 6.07) is 10.2. The molecule has 2 aromatic rings. The Hall–Kier alpha value is -1.87. The van der Waals surface area contributed by atoms with Gasteiger partial charge in [0.1, 0.15) is 12.4 Å². The van der Waals surface area contributed by atoms with Gasteiger partial charge < -0.3 is 10.5 Å². The largest absolute Gasteiger partial charge is 0.489 e. The number of nitrogens with zero attached hydrogens (tertiary/aromatic N) is 1. The highest BCUT2D eigenvalue weighted by atomic mass is 16.5. The molecule has 3 heteroatoms. The van der Waals surface area contributed by atoms with E-state index in [1.165, 1.54) is 11.1 Å². The van der Waals surface area contributed by atoms with Crippen LogP contribution in [0.4, 0.5) is 0 Å². The summed E-state index contributed by atoms with van der Waals surface area (Å²) in [7, 11) is 0. The summed E-state index contributed by atoms with van der Waals surface area (Å²) in [6.07, 6.45) is 1.76. The number of benzene rings is 1. The van der Waals surface area contributed by atoms with E-state index in [1.807, 2.05) is 18.2 Å². The van der Waals surface area contributed by atoms with Crippen molar-refractivity contribution in [2.45, 2.75) is 39.8 Å². The predicted octanol–water partition coefficient (Wildman–Crippen LogP) is 3.55. The lowest BCUT2D eigenvalue weighted by Gasteiger charge is -2.13. The Morgan fingerprint density at radius 3 is 2.70 bits per heavy atom. The summed E-state index contributed by atoms with van der Waals surface area (Å²) in [5.74, 6) is 1.42. The van der Waals surface area contributed by atoms with Crippen LogP contribution in [0.3, 0.4) is 0 Å². The van der Waals surface area contributed by atoms with Crippen molar-refractivity contribution in [3.8, 4) is 5.75 Å². The van der Waals surface area contributed by atoms with Gasteiger partial charge in [0.25, 0.3) is 0 Å². The zero-order valence-electron chi connectivity index (χ0n) is 12.4. The normalized spacial score (nSPS) is 10.8. The van der Waals surface area contributed by atoms with Crippen LogP contribution in [0.15, 0.2) is 36.5 Å². The van der Waals surface area contributed by atoms with E-state index in [2.05, 4.69) is 37.9 Å². The molecule has 3 nitrogen and oxygen atoms in total. The molecule has 0 aliphatic heterocycles. The molecule has 2 rings (SSSR count). The summed E-state index contributed by atoms with van der Waals surface area (Å²) in [5, 5.41) is 0. The van der Waals surface area contributed by atoms with Crippen LogP contribution in [-0.4, -0.2) is 4.98 Å². The molecule has 0 fully saturated rings.